The Kier molecular flexibility index (Phi) is 10.3. The number of nitrogens with one attached hydrogen (secondary N) is 2. The molecule has 0 aliphatic heterocycles. The van der Waals surface area contributed by atoms with Crippen LogP contribution in [-0.4, -0.2) is 48.8 Å². The number of ether oxygens (including phenoxy) is 2. The molecule has 0 aliphatic rings. The standard InChI is InChI=1S/C23H28N4O8S2/c1-5-34-22(32)14-10(3)16(18(24)30)36-20(14)26-12(28)8-7-9-13(29)27-21-15(23(33)35-6-2)11(4)17(37-21)19(25)31/h5-9H2,1-4H3,(H2,24,30)(H2,25,31)(H,26,28)(H,27,29). The van der Waals surface area contributed by atoms with Gasteiger partial charge in [0, 0.05) is 12.8 Å². The molecule has 2 aromatic rings. The minimum Gasteiger partial charge on any atom is -0.462 e. The molecule has 0 bridgehead atoms. The highest BCUT2D eigenvalue weighted by molar-refractivity contribution is 7.19. The van der Waals surface area contributed by atoms with Gasteiger partial charge in [0.25, 0.3) is 11.8 Å². The lowest BCUT2D eigenvalue weighted by atomic mass is 10.1. The van der Waals surface area contributed by atoms with Crippen molar-refractivity contribution in [1.82, 2.24) is 0 Å². The highest BCUT2D eigenvalue weighted by Crippen LogP contribution is 2.35. The Bertz CT molecular complexity index is 1150. The number of rotatable bonds is 12. The van der Waals surface area contributed by atoms with E-state index in [1.165, 1.54) is 13.8 Å². The summed E-state index contributed by atoms with van der Waals surface area (Å²) in [4.78, 5) is 73.3. The Balaban J connectivity index is 2.06. The minimum absolute atomic E-state index is 0.0524. The Morgan fingerprint density at radius 2 is 1.05 bits per heavy atom. The Morgan fingerprint density at radius 1 is 0.703 bits per heavy atom. The third-order valence-corrected chi connectivity index (χ3v) is 7.46. The summed E-state index contributed by atoms with van der Waals surface area (Å²) in [6, 6.07) is 0. The molecule has 0 aliphatic carbocycles. The number of anilines is 2. The molecular formula is C23H28N4O8S2. The van der Waals surface area contributed by atoms with Gasteiger partial charge in [-0.2, -0.15) is 0 Å². The number of carbonyl (C=O) groups is 6. The fourth-order valence-corrected chi connectivity index (χ4v) is 5.49. The van der Waals surface area contributed by atoms with Crippen LogP contribution in [0.4, 0.5) is 10.0 Å². The molecule has 0 aromatic carbocycles. The molecule has 0 saturated heterocycles. The van der Waals surface area contributed by atoms with Gasteiger partial charge >= 0.3 is 11.9 Å². The number of amides is 4. The Morgan fingerprint density at radius 3 is 1.35 bits per heavy atom. The number of carbonyl (C=O) groups excluding carboxylic acids is 6. The SMILES string of the molecule is CCOC(=O)c1c(NC(=O)CCCC(=O)Nc2sc(C(N)=O)c(C)c2C(=O)OCC)sc(C(N)=O)c1C. The van der Waals surface area contributed by atoms with Crippen LogP contribution < -0.4 is 22.1 Å². The van der Waals surface area contributed by atoms with Gasteiger partial charge < -0.3 is 31.6 Å². The fraction of sp³-hybridized carbons (Fsp3) is 0.391. The molecular weight excluding hydrogens is 524 g/mol. The van der Waals surface area contributed by atoms with E-state index in [1.807, 2.05) is 0 Å². The van der Waals surface area contributed by atoms with Gasteiger partial charge in [-0.25, -0.2) is 9.59 Å². The van der Waals surface area contributed by atoms with Crippen molar-refractivity contribution in [3.63, 3.8) is 0 Å². The summed E-state index contributed by atoms with van der Waals surface area (Å²) in [5.74, 6) is -3.86. The van der Waals surface area contributed by atoms with Gasteiger partial charge in [0.05, 0.1) is 34.1 Å². The van der Waals surface area contributed by atoms with Gasteiger partial charge in [-0.3, -0.25) is 19.2 Å². The molecule has 37 heavy (non-hydrogen) atoms. The van der Waals surface area contributed by atoms with Crippen LogP contribution in [0, 0.1) is 13.8 Å². The van der Waals surface area contributed by atoms with E-state index >= 15 is 0 Å². The summed E-state index contributed by atoms with van der Waals surface area (Å²) in [7, 11) is 0. The lowest BCUT2D eigenvalue weighted by Gasteiger charge is -2.08. The number of hydrogen-bond acceptors (Lipinski definition) is 10. The van der Waals surface area contributed by atoms with Crippen molar-refractivity contribution >= 4 is 68.2 Å². The fourth-order valence-electron chi connectivity index (χ4n) is 3.36. The zero-order chi connectivity index (χ0) is 27.9. The number of esters is 2. The lowest BCUT2D eigenvalue weighted by molar-refractivity contribution is -0.117. The Hall–Kier alpha value is -3.78. The largest absolute Gasteiger partial charge is 0.462 e. The first-order valence-corrected chi connectivity index (χ1v) is 12.9. The van der Waals surface area contributed by atoms with Gasteiger partial charge in [-0.1, -0.05) is 0 Å². The second-order valence-electron chi connectivity index (χ2n) is 7.64. The van der Waals surface area contributed by atoms with Gasteiger partial charge in [0.15, 0.2) is 0 Å². The smallest absolute Gasteiger partial charge is 0.341 e. The third-order valence-electron chi connectivity index (χ3n) is 5.01. The zero-order valence-corrected chi connectivity index (χ0v) is 22.4. The normalized spacial score (nSPS) is 10.5. The number of hydrogen-bond donors (Lipinski definition) is 4. The molecule has 0 unspecified atom stereocenters. The van der Waals surface area contributed by atoms with Crippen molar-refractivity contribution < 1.29 is 38.2 Å². The van der Waals surface area contributed by atoms with Crippen LogP contribution in [0.1, 0.15) is 84.3 Å². The van der Waals surface area contributed by atoms with Crippen LogP contribution >= 0.6 is 22.7 Å². The maximum absolute atomic E-state index is 12.5. The lowest BCUT2D eigenvalue weighted by Crippen LogP contribution is -2.17. The van der Waals surface area contributed by atoms with Gasteiger partial charge in [-0.05, 0) is 45.2 Å². The van der Waals surface area contributed by atoms with E-state index in [4.69, 9.17) is 20.9 Å². The average Bonchev–Trinajstić information content (AvgIpc) is 3.30. The zero-order valence-electron chi connectivity index (χ0n) is 20.8. The third kappa shape index (κ3) is 7.13. The maximum atomic E-state index is 12.5. The molecule has 2 aromatic heterocycles. The van der Waals surface area contributed by atoms with Crippen LogP contribution in [0.2, 0.25) is 0 Å². The molecule has 0 radical (unpaired) electrons. The maximum Gasteiger partial charge on any atom is 0.341 e. The summed E-state index contributed by atoms with van der Waals surface area (Å²) >= 11 is 1.73. The molecule has 4 amide bonds. The van der Waals surface area contributed by atoms with Crippen molar-refractivity contribution in [1.29, 1.82) is 0 Å². The summed E-state index contributed by atoms with van der Waals surface area (Å²) in [5, 5.41) is 5.42. The molecule has 0 spiro atoms. The predicted molar refractivity (Wildman–Crippen MR) is 138 cm³/mol. The van der Waals surface area contributed by atoms with E-state index in [1.54, 1.807) is 13.8 Å². The number of nitrogens with two attached hydrogens (primary N) is 2. The first-order valence-electron chi connectivity index (χ1n) is 11.2. The quantitative estimate of drug-likeness (QED) is 0.288. The highest BCUT2D eigenvalue weighted by atomic mass is 32.1. The van der Waals surface area contributed by atoms with Crippen molar-refractivity contribution in [2.45, 2.75) is 47.0 Å². The van der Waals surface area contributed by atoms with Crippen molar-refractivity contribution in [2.24, 2.45) is 11.5 Å². The second-order valence-corrected chi connectivity index (χ2v) is 9.68. The van der Waals surface area contributed by atoms with Crippen LogP contribution in [0.3, 0.4) is 0 Å². The summed E-state index contributed by atoms with van der Waals surface area (Å²) in [6.45, 7) is 6.52. The van der Waals surface area contributed by atoms with Gasteiger partial charge in [0.2, 0.25) is 11.8 Å². The van der Waals surface area contributed by atoms with Crippen LogP contribution in [0.15, 0.2) is 0 Å². The van der Waals surface area contributed by atoms with Gasteiger partial charge in [-0.15, -0.1) is 22.7 Å². The molecule has 12 nitrogen and oxygen atoms in total. The number of thiophene rings is 2. The van der Waals surface area contributed by atoms with E-state index in [0.29, 0.717) is 11.1 Å². The van der Waals surface area contributed by atoms with Crippen molar-refractivity contribution in [3.8, 4) is 0 Å². The van der Waals surface area contributed by atoms with Crippen LogP contribution in [0.25, 0.3) is 0 Å². The molecule has 14 heteroatoms. The van der Waals surface area contributed by atoms with Crippen LogP contribution in [0.5, 0.6) is 0 Å². The molecule has 6 N–H and O–H groups in total. The highest BCUT2D eigenvalue weighted by Gasteiger charge is 2.27. The first-order chi connectivity index (χ1) is 17.4. The molecule has 0 atom stereocenters. The van der Waals surface area contributed by atoms with Gasteiger partial charge in [0.1, 0.15) is 10.0 Å². The average molecular weight is 553 g/mol. The molecule has 0 fully saturated rings. The van der Waals surface area contributed by atoms with E-state index < -0.39 is 35.6 Å². The number of primary amides is 2. The predicted octanol–water partition coefficient (Wildman–Crippen LogP) is 2.73. The van der Waals surface area contributed by atoms with E-state index in [-0.39, 0.29) is 63.4 Å². The van der Waals surface area contributed by atoms with Crippen molar-refractivity contribution in [3.05, 3.63) is 32.0 Å². The van der Waals surface area contributed by atoms with Crippen LogP contribution in [-0.2, 0) is 19.1 Å². The summed E-state index contributed by atoms with van der Waals surface area (Å²) in [6.07, 6.45) is -0.0419. The first kappa shape index (κ1) is 29.5. The topological polar surface area (TPSA) is 197 Å². The van der Waals surface area contributed by atoms with E-state index in [0.717, 1.165) is 22.7 Å². The monoisotopic (exact) mass is 552 g/mol. The summed E-state index contributed by atoms with van der Waals surface area (Å²) in [5.41, 5.74) is 11.4. The molecule has 2 rings (SSSR count). The molecule has 200 valence electrons. The van der Waals surface area contributed by atoms with E-state index in [9.17, 15) is 28.8 Å². The molecule has 0 saturated carbocycles. The summed E-state index contributed by atoms with van der Waals surface area (Å²) < 4.78 is 10.0. The minimum atomic E-state index is -0.740. The van der Waals surface area contributed by atoms with E-state index in [2.05, 4.69) is 10.6 Å². The Labute approximate surface area is 220 Å². The molecule has 2 heterocycles. The second kappa shape index (κ2) is 13.0. The van der Waals surface area contributed by atoms with Crippen molar-refractivity contribution in [2.75, 3.05) is 23.8 Å².